The van der Waals surface area contributed by atoms with Gasteiger partial charge in [0.05, 0.1) is 14.2 Å². The summed E-state index contributed by atoms with van der Waals surface area (Å²) in [6.07, 6.45) is 8.43. The van der Waals surface area contributed by atoms with Gasteiger partial charge in [-0.2, -0.15) is 0 Å². The number of anilines is 2. The summed E-state index contributed by atoms with van der Waals surface area (Å²) in [4.78, 5) is 50.9. The third-order valence-electron chi connectivity index (χ3n) is 6.16. The average molecular weight is 684 g/mol. The molecule has 0 aromatic heterocycles. The highest BCUT2D eigenvalue weighted by Crippen LogP contribution is 2.17. The maximum atomic E-state index is 12.4. The molecule has 45 heavy (non-hydrogen) atoms. The highest BCUT2D eigenvalue weighted by Gasteiger charge is 2.13. The van der Waals surface area contributed by atoms with E-state index >= 15 is 0 Å². The number of ether oxygens (including phenoxy) is 2. The van der Waals surface area contributed by atoms with E-state index in [9.17, 15) is 19.2 Å². The summed E-state index contributed by atoms with van der Waals surface area (Å²) >= 11 is 3.12. The molecule has 0 fully saturated rings. The van der Waals surface area contributed by atoms with Gasteiger partial charge in [0, 0.05) is 75.2 Å². The Bertz CT molecular complexity index is 1350. The summed E-state index contributed by atoms with van der Waals surface area (Å²) in [5.74, 6) is -0.756. The van der Waals surface area contributed by atoms with Gasteiger partial charge in [-0.15, -0.1) is 0 Å². The molecule has 0 bridgehead atoms. The highest BCUT2D eigenvalue weighted by molar-refractivity contribution is 9.11. The molecule has 0 aliphatic carbocycles. The van der Waals surface area contributed by atoms with Crippen LogP contribution in [0.5, 0.6) is 0 Å². The molecule has 0 saturated heterocycles. The van der Waals surface area contributed by atoms with Gasteiger partial charge in [-0.25, -0.2) is 9.59 Å². The fraction of sp³-hybridized carbons (Fsp3) is 0.333. The standard InChI is InChI=1S/C18H23NO3.C11H15NO.C7H9BrO2/c1-13(6-11-17(20)22-5)12-14(2)18(21)15-7-9-16(10-8-15)19(3)4;1-4-11(13)9-5-7-10(8-6-9)12(2)3;1-6(5-8)3-4-7(9)10-2/h6-12,14H,1-5H3;5-8H,4H2,1-3H3;3-5H,1-2H3/b11-6+,13-12+;;4-3+,6-5+/t14-;;/m1../s1. The number of methoxy groups -OCH3 is 2. The molecular formula is C36H47BrN2O6. The Labute approximate surface area is 277 Å². The van der Waals surface area contributed by atoms with Crippen LogP contribution in [-0.4, -0.2) is 65.9 Å². The lowest BCUT2D eigenvalue weighted by Crippen LogP contribution is -2.11. The Balaban J connectivity index is 0.000000713. The van der Waals surface area contributed by atoms with Gasteiger partial charge in [-0.1, -0.05) is 53.6 Å². The van der Waals surface area contributed by atoms with E-state index in [4.69, 9.17) is 0 Å². The average Bonchev–Trinajstić information content (AvgIpc) is 3.05. The van der Waals surface area contributed by atoms with E-state index in [1.54, 1.807) is 17.1 Å². The first-order chi connectivity index (χ1) is 21.2. The Kier molecular flexibility index (Phi) is 20.2. The van der Waals surface area contributed by atoms with Crippen LogP contribution in [0.25, 0.3) is 0 Å². The molecule has 244 valence electrons. The molecule has 2 aromatic rings. The highest BCUT2D eigenvalue weighted by atomic mass is 79.9. The number of rotatable bonds is 11. The monoisotopic (exact) mass is 682 g/mol. The second kappa shape index (κ2) is 22.3. The number of hydrogen-bond donors (Lipinski definition) is 0. The van der Waals surface area contributed by atoms with E-state index in [-0.39, 0.29) is 23.5 Å². The number of ketones is 2. The predicted octanol–water partition coefficient (Wildman–Crippen LogP) is 7.61. The van der Waals surface area contributed by atoms with Gasteiger partial charge in [0.15, 0.2) is 11.6 Å². The topological polar surface area (TPSA) is 93.2 Å². The molecule has 9 heteroatoms. The normalized spacial score (nSPS) is 11.9. The third-order valence-corrected chi connectivity index (χ3v) is 6.88. The molecular weight excluding hydrogens is 636 g/mol. The second-order valence-electron chi connectivity index (χ2n) is 10.3. The van der Waals surface area contributed by atoms with Gasteiger partial charge >= 0.3 is 11.9 Å². The molecule has 0 aliphatic heterocycles. The Morgan fingerprint density at radius 1 is 0.711 bits per heavy atom. The lowest BCUT2D eigenvalue weighted by Gasteiger charge is -2.13. The Morgan fingerprint density at radius 3 is 1.47 bits per heavy atom. The molecule has 0 heterocycles. The summed E-state index contributed by atoms with van der Waals surface area (Å²) in [7, 11) is 10.6. The SMILES string of the molecule is CCC(=O)c1ccc(N(C)C)cc1.COC(=O)/C=C/C(C)=C/Br.COC(=O)/C=C/C(C)=C/[C@@H](C)C(=O)c1ccc(N(C)C)cc1. The van der Waals surface area contributed by atoms with Crippen molar-refractivity contribution in [3.05, 3.63) is 106 Å². The van der Waals surface area contributed by atoms with Crippen molar-refractivity contribution in [3.8, 4) is 0 Å². The first-order valence-electron chi connectivity index (χ1n) is 14.3. The number of allylic oxidation sites excluding steroid dienone is 5. The first-order valence-corrected chi connectivity index (χ1v) is 15.2. The van der Waals surface area contributed by atoms with E-state index in [2.05, 4.69) is 25.4 Å². The molecule has 8 nitrogen and oxygen atoms in total. The molecule has 2 rings (SSSR count). The number of nitrogens with zero attached hydrogens (tertiary/aromatic N) is 2. The molecule has 0 amide bonds. The number of halogens is 1. The summed E-state index contributed by atoms with van der Waals surface area (Å²) in [5, 5.41) is 0. The molecule has 0 N–H and O–H groups in total. The smallest absolute Gasteiger partial charge is 0.330 e. The zero-order valence-corrected chi connectivity index (χ0v) is 29.7. The molecule has 1 atom stereocenters. The van der Waals surface area contributed by atoms with E-state index in [1.165, 1.54) is 26.4 Å². The maximum Gasteiger partial charge on any atom is 0.330 e. The summed E-state index contributed by atoms with van der Waals surface area (Å²) in [6.45, 7) is 7.44. The van der Waals surface area contributed by atoms with Gasteiger partial charge in [-0.05, 0) is 72.9 Å². The number of carbonyl (C=O) groups excluding carboxylic acids is 4. The Morgan fingerprint density at radius 2 is 1.11 bits per heavy atom. The van der Waals surface area contributed by atoms with Gasteiger partial charge in [0.25, 0.3) is 0 Å². The first kappa shape index (κ1) is 40.8. The largest absolute Gasteiger partial charge is 0.466 e. The summed E-state index contributed by atoms with van der Waals surface area (Å²) in [6, 6.07) is 15.2. The molecule has 2 aromatic carbocycles. The van der Waals surface area contributed by atoms with Crippen LogP contribution in [0.1, 0.15) is 54.8 Å². The molecule has 0 spiro atoms. The predicted molar refractivity (Wildman–Crippen MR) is 188 cm³/mol. The van der Waals surface area contributed by atoms with Gasteiger partial charge < -0.3 is 19.3 Å². The van der Waals surface area contributed by atoms with E-state index in [0.29, 0.717) is 12.0 Å². The molecule has 0 unspecified atom stereocenters. The zero-order chi connectivity index (χ0) is 34.5. The number of Topliss-reactive ketones (excluding diaryl/α,β-unsaturated/α-hetero) is 2. The van der Waals surface area contributed by atoms with Gasteiger partial charge in [0.1, 0.15) is 0 Å². The second-order valence-corrected chi connectivity index (χ2v) is 10.7. The summed E-state index contributed by atoms with van der Waals surface area (Å²) < 4.78 is 8.91. The number of hydrogen-bond acceptors (Lipinski definition) is 8. The number of carbonyl (C=O) groups is 4. The van der Waals surface area contributed by atoms with Gasteiger partial charge in [0.2, 0.25) is 0 Å². The van der Waals surface area contributed by atoms with Crippen molar-refractivity contribution in [1.82, 2.24) is 0 Å². The quantitative estimate of drug-likeness (QED) is 0.104. The molecule has 0 radical (unpaired) electrons. The van der Waals surface area contributed by atoms with Crippen LogP contribution >= 0.6 is 15.9 Å². The molecule has 0 saturated carbocycles. The van der Waals surface area contributed by atoms with Crippen molar-refractivity contribution < 1.29 is 28.7 Å². The van der Waals surface area contributed by atoms with Crippen molar-refractivity contribution in [2.24, 2.45) is 5.92 Å². The fourth-order valence-electron chi connectivity index (χ4n) is 3.43. The minimum Gasteiger partial charge on any atom is -0.466 e. The minimum absolute atomic E-state index is 0.0520. The van der Waals surface area contributed by atoms with E-state index in [1.807, 2.05) is 120 Å². The van der Waals surface area contributed by atoms with Crippen molar-refractivity contribution in [2.45, 2.75) is 34.1 Å². The van der Waals surface area contributed by atoms with Crippen molar-refractivity contribution in [3.63, 3.8) is 0 Å². The number of esters is 2. The minimum atomic E-state index is -0.411. The lowest BCUT2D eigenvalue weighted by molar-refractivity contribution is -0.135. The van der Waals surface area contributed by atoms with Crippen LogP contribution < -0.4 is 9.80 Å². The van der Waals surface area contributed by atoms with E-state index in [0.717, 1.165) is 28.1 Å². The third kappa shape index (κ3) is 17.0. The van der Waals surface area contributed by atoms with Crippen molar-refractivity contribution in [2.75, 3.05) is 52.2 Å². The maximum absolute atomic E-state index is 12.4. The van der Waals surface area contributed by atoms with Crippen LogP contribution in [0.3, 0.4) is 0 Å². The molecule has 0 aliphatic rings. The zero-order valence-electron chi connectivity index (χ0n) is 28.1. The van der Waals surface area contributed by atoms with Gasteiger partial charge in [-0.3, -0.25) is 9.59 Å². The lowest BCUT2D eigenvalue weighted by atomic mass is 9.97. The number of benzene rings is 2. The van der Waals surface area contributed by atoms with Crippen LogP contribution in [-0.2, 0) is 19.1 Å². The van der Waals surface area contributed by atoms with Crippen LogP contribution in [0, 0.1) is 5.92 Å². The van der Waals surface area contributed by atoms with Crippen molar-refractivity contribution in [1.29, 1.82) is 0 Å². The fourth-order valence-corrected chi connectivity index (χ4v) is 3.59. The van der Waals surface area contributed by atoms with Crippen LogP contribution in [0.4, 0.5) is 11.4 Å². The summed E-state index contributed by atoms with van der Waals surface area (Å²) in [5.41, 5.74) is 5.46. The van der Waals surface area contributed by atoms with Crippen LogP contribution in [0.2, 0.25) is 0 Å². The van der Waals surface area contributed by atoms with Crippen molar-refractivity contribution >= 4 is 50.8 Å². The van der Waals surface area contributed by atoms with E-state index < -0.39 is 5.97 Å². The van der Waals surface area contributed by atoms with Crippen LogP contribution in [0.15, 0.2) is 95.0 Å². The Hall–Kier alpha value is -4.24.